The molecule has 1 aliphatic carbocycles. The maximum Gasteiger partial charge on any atom is 0.234 e. The number of nitrogens with zero attached hydrogens (tertiary/aromatic N) is 1. The van der Waals surface area contributed by atoms with Crippen molar-refractivity contribution in [3.63, 3.8) is 0 Å². The number of hydrogen-bond acceptors (Lipinski definition) is 4. The van der Waals surface area contributed by atoms with Gasteiger partial charge in [0.1, 0.15) is 11.6 Å². The molecule has 7 heteroatoms. The molecule has 1 N–H and O–H groups in total. The summed E-state index contributed by atoms with van der Waals surface area (Å²) in [6, 6.07) is 6.78. The molecule has 0 saturated carbocycles. The number of aliphatic imine (C=N–C) groups is 1. The zero-order valence-electron chi connectivity index (χ0n) is 15.2. The second kappa shape index (κ2) is 7.39. The van der Waals surface area contributed by atoms with Gasteiger partial charge in [-0.05, 0) is 43.3 Å². The molecule has 0 saturated heterocycles. The first-order chi connectivity index (χ1) is 13.5. The molecule has 1 amide bonds. The number of benzene rings is 1. The van der Waals surface area contributed by atoms with Gasteiger partial charge in [-0.15, -0.1) is 11.3 Å². The number of carbonyl (C=O) groups excluding carboxylic acids is 2. The van der Waals surface area contributed by atoms with Crippen LogP contribution in [0.1, 0.15) is 37.0 Å². The number of nitrogens with one attached hydrogen (secondary N) is 1. The Morgan fingerprint density at radius 3 is 2.79 bits per heavy atom. The van der Waals surface area contributed by atoms with Crippen LogP contribution in [0.3, 0.4) is 0 Å². The van der Waals surface area contributed by atoms with Crippen LogP contribution in [0.4, 0.5) is 14.5 Å². The Morgan fingerprint density at radius 2 is 2.07 bits per heavy atom. The molecule has 1 unspecified atom stereocenters. The lowest BCUT2D eigenvalue weighted by Gasteiger charge is -2.34. The summed E-state index contributed by atoms with van der Waals surface area (Å²) in [7, 11) is 0. The van der Waals surface area contributed by atoms with E-state index in [9.17, 15) is 18.4 Å². The molecular formula is C21H18F2N2O2S. The van der Waals surface area contributed by atoms with Crippen LogP contribution in [-0.4, -0.2) is 17.4 Å². The number of allylic oxidation sites excluding steroid dienone is 2. The zero-order chi connectivity index (χ0) is 19.8. The van der Waals surface area contributed by atoms with Gasteiger partial charge in [-0.2, -0.15) is 0 Å². The van der Waals surface area contributed by atoms with Gasteiger partial charge in [-0.3, -0.25) is 14.6 Å². The SMILES string of the molecule is CC1=NC2=C(C(=O)CCC2)[C@H](c2cccs2)C1C(=O)Nc1ccc(F)cc1F. The number of hydrogen-bond donors (Lipinski definition) is 1. The molecule has 0 radical (unpaired) electrons. The molecule has 1 aliphatic heterocycles. The second-order valence-corrected chi connectivity index (χ2v) is 7.95. The first-order valence-electron chi connectivity index (χ1n) is 9.06. The largest absolute Gasteiger partial charge is 0.323 e. The van der Waals surface area contributed by atoms with Crippen molar-refractivity contribution < 1.29 is 18.4 Å². The molecule has 28 heavy (non-hydrogen) atoms. The summed E-state index contributed by atoms with van der Waals surface area (Å²) in [5, 5.41) is 4.45. The fourth-order valence-corrected chi connectivity index (χ4v) is 4.80. The Labute approximate surface area is 165 Å². The number of halogens is 2. The average Bonchev–Trinajstić information content (AvgIpc) is 3.17. The van der Waals surface area contributed by atoms with Crippen LogP contribution < -0.4 is 5.32 Å². The Morgan fingerprint density at radius 1 is 1.25 bits per heavy atom. The van der Waals surface area contributed by atoms with Crippen molar-refractivity contribution in [3.05, 3.63) is 63.5 Å². The maximum atomic E-state index is 14.0. The summed E-state index contributed by atoms with van der Waals surface area (Å²) in [4.78, 5) is 31.3. The van der Waals surface area contributed by atoms with Gasteiger partial charge in [-0.1, -0.05) is 6.07 Å². The Bertz CT molecular complexity index is 1010. The lowest BCUT2D eigenvalue weighted by molar-refractivity contribution is -0.119. The van der Waals surface area contributed by atoms with Crippen molar-refractivity contribution >= 4 is 34.4 Å². The third kappa shape index (κ3) is 3.30. The molecule has 1 aromatic carbocycles. The van der Waals surface area contributed by atoms with Crippen molar-refractivity contribution in [3.8, 4) is 0 Å². The molecule has 4 rings (SSSR count). The minimum atomic E-state index is -0.847. The summed E-state index contributed by atoms with van der Waals surface area (Å²) < 4.78 is 27.2. The van der Waals surface area contributed by atoms with Crippen molar-refractivity contribution in [2.75, 3.05) is 5.32 Å². The van der Waals surface area contributed by atoms with E-state index in [2.05, 4.69) is 10.3 Å². The number of Topliss-reactive ketones (excluding diaryl/α,β-unsaturated/α-hetero) is 1. The first-order valence-corrected chi connectivity index (χ1v) is 9.94. The Kier molecular flexibility index (Phi) is 4.93. The Balaban J connectivity index is 1.74. The molecule has 2 atom stereocenters. The van der Waals surface area contributed by atoms with E-state index in [1.807, 2.05) is 17.5 Å². The zero-order valence-corrected chi connectivity index (χ0v) is 16.0. The number of amides is 1. The molecule has 2 aliphatic rings. The molecule has 144 valence electrons. The van der Waals surface area contributed by atoms with Crippen LogP contribution in [0, 0.1) is 17.6 Å². The summed E-state index contributed by atoms with van der Waals surface area (Å²) in [6.45, 7) is 1.76. The Hall–Kier alpha value is -2.67. The van der Waals surface area contributed by atoms with Crippen LogP contribution in [0.15, 0.2) is 52.0 Å². The number of rotatable bonds is 3. The number of thiophene rings is 1. The van der Waals surface area contributed by atoms with Crippen molar-refractivity contribution in [2.45, 2.75) is 32.1 Å². The van der Waals surface area contributed by atoms with Crippen LogP contribution in [0.2, 0.25) is 0 Å². The van der Waals surface area contributed by atoms with Gasteiger partial charge in [0.15, 0.2) is 5.78 Å². The van der Waals surface area contributed by atoms with Gasteiger partial charge in [-0.25, -0.2) is 8.78 Å². The van der Waals surface area contributed by atoms with Crippen molar-refractivity contribution in [2.24, 2.45) is 10.9 Å². The maximum absolute atomic E-state index is 14.0. The highest BCUT2D eigenvalue weighted by Gasteiger charge is 2.42. The third-order valence-corrected chi connectivity index (χ3v) is 6.11. The van der Waals surface area contributed by atoms with E-state index in [-0.39, 0.29) is 11.5 Å². The average molecular weight is 400 g/mol. The van der Waals surface area contributed by atoms with Crippen LogP contribution >= 0.6 is 11.3 Å². The van der Waals surface area contributed by atoms with E-state index in [1.54, 1.807) is 6.92 Å². The lowest BCUT2D eigenvalue weighted by atomic mass is 9.74. The van der Waals surface area contributed by atoms with E-state index in [0.717, 1.165) is 29.1 Å². The quantitative estimate of drug-likeness (QED) is 0.801. The highest BCUT2D eigenvalue weighted by molar-refractivity contribution is 7.10. The fourth-order valence-electron chi connectivity index (χ4n) is 3.92. The fraction of sp³-hybridized carbons (Fsp3) is 0.286. The monoisotopic (exact) mass is 400 g/mol. The topological polar surface area (TPSA) is 58.5 Å². The standard InChI is InChI=1S/C21H18F2N2O2S/c1-11-18(21(27)25-14-8-7-12(22)10-13(14)23)20(17-6-3-9-28-17)19-15(24-11)4-2-5-16(19)26/h3,6-10,18,20H,2,4-5H2,1H3,(H,25,27)/t18?,20-/m1/s1. The molecule has 0 fully saturated rings. The summed E-state index contributed by atoms with van der Waals surface area (Å²) in [6.07, 6.45) is 1.90. The molecule has 1 aromatic heterocycles. The summed E-state index contributed by atoms with van der Waals surface area (Å²) in [5.74, 6) is -3.19. The predicted octanol–water partition coefficient (Wildman–Crippen LogP) is 4.85. The van der Waals surface area contributed by atoms with E-state index in [0.29, 0.717) is 24.1 Å². The minimum absolute atomic E-state index is 0.0154. The lowest BCUT2D eigenvalue weighted by Crippen LogP contribution is -2.39. The van der Waals surface area contributed by atoms with E-state index in [4.69, 9.17) is 0 Å². The minimum Gasteiger partial charge on any atom is -0.323 e. The number of anilines is 1. The van der Waals surface area contributed by atoms with Gasteiger partial charge in [0.2, 0.25) is 5.91 Å². The van der Waals surface area contributed by atoms with E-state index >= 15 is 0 Å². The normalized spacial score (nSPS) is 22.0. The van der Waals surface area contributed by atoms with Gasteiger partial charge in [0.05, 0.1) is 11.6 Å². The van der Waals surface area contributed by atoms with Gasteiger partial charge in [0, 0.05) is 40.3 Å². The van der Waals surface area contributed by atoms with E-state index in [1.165, 1.54) is 17.4 Å². The predicted molar refractivity (Wildman–Crippen MR) is 105 cm³/mol. The van der Waals surface area contributed by atoms with Crippen molar-refractivity contribution in [1.82, 2.24) is 0 Å². The van der Waals surface area contributed by atoms with Crippen LogP contribution in [-0.2, 0) is 9.59 Å². The van der Waals surface area contributed by atoms with Crippen molar-refractivity contribution in [1.29, 1.82) is 0 Å². The summed E-state index contributed by atoms with van der Waals surface area (Å²) >= 11 is 1.48. The molecule has 0 bridgehead atoms. The molecule has 2 aromatic rings. The number of ketones is 1. The molecule has 0 spiro atoms. The van der Waals surface area contributed by atoms with Gasteiger partial charge >= 0.3 is 0 Å². The second-order valence-electron chi connectivity index (χ2n) is 6.97. The molecule has 2 heterocycles. The third-order valence-electron chi connectivity index (χ3n) is 5.16. The highest BCUT2D eigenvalue weighted by Crippen LogP contribution is 2.44. The van der Waals surface area contributed by atoms with E-state index < -0.39 is 29.4 Å². The van der Waals surface area contributed by atoms with Gasteiger partial charge in [0.25, 0.3) is 0 Å². The highest BCUT2D eigenvalue weighted by atomic mass is 32.1. The molecule has 4 nitrogen and oxygen atoms in total. The van der Waals surface area contributed by atoms with Crippen LogP contribution in [0.25, 0.3) is 0 Å². The first kappa shape index (κ1) is 18.7. The summed E-state index contributed by atoms with van der Waals surface area (Å²) in [5.41, 5.74) is 1.84. The van der Waals surface area contributed by atoms with Gasteiger partial charge < -0.3 is 5.32 Å². The van der Waals surface area contributed by atoms with Crippen LogP contribution in [0.5, 0.6) is 0 Å². The number of carbonyl (C=O) groups is 2. The molecular weight excluding hydrogens is 382 g/mol. The smallest absolute Gasteiger partial charge is 0.234 e.